The molecule has 78 valence electrons. The molecule has 15 heavy (non-hydrogen) atoms. The van der Waals surface area contributed by atoms with Crippen LogP contribution in [-0.2, 0) is 4.79 Å². The van der Waals surface area contributed by atoms with Gasteiger partial charge < -0.3 is 0 Å². The van der Waals surface area contributed by atoms with Crippen molar-refractivity contribution in [2.24, 2.45) is 0 Å². The van der Waals surface area contributed by atoms with Crippen LogP contribution in [0.25, 0.3) is 0 Å². The molecular weight excluding hydrogens is 208 g/mol. The molecule has 2 rings (SSSR count). The monoisotopic (exact) mass is 220 g/mol. The number of carbonyl (C=O) groups is 1. The lowest BCUT2D eigenvalue weighted by Crippen LogP contribution is -2.10. The van der Waals surface area contributed by atoms with Crippen LogP contribution in [0, 0.1) is 6.92 Å². The minimum Gasteiger partial charge on any atom is -0.295 e. The first-order chi connectivity index (χ1) is 7.15. The maximum absolute atomic E-state index is 11.4. The molecular formula is C13H13ClO. The molecule has 1 atom stereocenters. The zero-order chi connectivity index (χ0) is 10.8. The van der Waals surface area contributed by atoms with Crippen molar-refractivity contribution >= 4 is 17.4 Å². The van der Waals surface area contributed by atoms with Gasteiger partial charge in [0.2, 0.25) is 0 Å². The summed E-state index contributed by atoms with van der Waals surface area (Å²) in [6.07, 6.45) is 2.92. The number of hydrogen-bond donors (Lipinski definition) is 0. The van der Waals surface area contributed by atoms with Crippen molar-refractivity contribution in [2.45, 2.75) is 25.7 Å². The van der Waals surface area contributed by atoms with E-state index in [1.165, 1.54) is 11.1 Å². The van der Waals surface area contributed by atoms with E-state index < -0.39 is 0 Å². The van der Waals surface area contributed by atoms with Crippen molar-refractivity contribution in [2.75, 3.05) is 0 Å². The Morgan fingerprint density at radius 1 is 1.20 bits per heavy atom. The summed E-state index contributed by atoms with van der Waals surface area (Å²) in [7, 11) is 0. The highest BCUT2D eigenvalue weighted by molar-refractivity contribution is 6.31. The Bertz CT molecular complexity index is 403. The van der Waals surface area contributed by atoms with Crippen LogP contribution >= 0.6 is 11.6 Å². The van der Waals surface area contributed by atoms with Crippen LogP contribution in [0.15, 0.2) is 35.4 Å². The largest absolute Gasteiger partial charge is 0.295 e. The van der Waals surface area contributed by atoms with E-state index in [1.807, 2.05) is 0 Å². The maximum Gasteiger partial charge on any atom is 0.157 e. The van der Waals surface area contributed by atoms with E-state index in [1.54, 1.807) is 6.08 Å². The van der Waals surface area contributed by atoms with Gasteiger partial charge in [-0.3, -0.25) is 4.79 Å². The van der Waals surface area contributed by atoms with Gasteiger partial charge in [-0.1, -0.05) is 41.4 Å². The third kappa shape index (κ3) is 2.48. The molecule has 0 radical (unpaired) electrons. The van der Waals surface area contributed by atoms with Crippen LogP contribution in [0.3, 0.4) is 0 Å². The van der Waals surface area contributed by atoms with Crippen molar-refractivity contribution in [1.82, 2.24) is 0 Å². The Morgan fingerprint density at radius 2 is 1.87 bits per heavy atom. The predicted molar refractivity (Wildman–Crippen MR) is 62.1 cm³/mol. The molecule has 0 N–H and O–H groups in total. The SMILES string of the molecule is Cc1ccc([C@H]2CC(=O)C=C(Cl)C2)cc1. The van der Waals surface area contributed by atoms with Gasteiger partial charge in [-0.05, 0) is 30.9 Å². The zero-order valence-electron chi connectivity index (χ0n) is 8.66. The van der Waals surface area contributed by atoms with E-state index >= 15 is 0 Å². The molecule has 0 saturated heterocycles. The number of carbonyl (C=O) groups excluding carboxylic acids is 1. The molecule has 2 heteroatoms. The van der Waals surface area contributed by atoms with Crippen molar-refractivity contribution in [1.29, 1.82) is 0 Å². The van der Waals surface area contributed by atoms with Gasteiger partial charge in [0.05, 0.1) is 0 Å². The second-order valence-corrected chi connectivity index (χ2v) is 4.56. The molecule has 1 aliphatic rings. The van der Waals surface area contributed by atoms with E-state index in [4.69, 9.17) is 11.6 Å². The molecule has 0 amide bonds. The van der Waals surface area contributed by atoms with Gasteiger partial charge in [-0.15, -0.1) is 0 Å². The molecule has 0 fully saturated rings. The first-order valence-electron chi connectivity index (χ1n) is 5.10. The van der Waals surface area contributed by atoms with Gasteiger partial charge in [0.25, 0.3) is 0 Å². The highest BCUT2D eigenvalue weighted by Gasteiger charge is 2.20. The maximum atomic E-state index is 11.4. The molecule has 0 heterocycles. The van der Waals surface area contributed by atoms with Gasteiger partial charge in [0, 0.05) is 11.5 Å². The minimum absolute atomic E-state index is 0.136. The molecule has 1 nitrogen and oxygen atoms in total. The number of aryl methyl sites for hydroxylation is 1. The smallest absolute Gasteiger partial charge is 0.157 e. The van der Waals surface area contributed by atoms with Crippen molar-refractivity contribution in [3.63, 3.8) is 0 Å². The fourth-order valence-corrected chi connectivity index (χ4v) is 2.23. The zero-order valence-corrected chi connectivity index (χ0v) is 9.42. The second kappa shape index (κ2) is 4.19. The Labute approximate surface area is 94.8 Å². The normalized spacial score (nSPS) is 21.3. The fraction of sp³-hybridized carbons (Fsp3) is 0.308. The Kier molecular flexibility index (Phi) is 2.92. The van der Waals surface area contributed by atoms with Crippen molar-refractivity contribution in [3.05, 3.63) is 46.5 Å². The average Bonchev–Trinajstić information content (AvgIpc) is 2.17. The quantitative estimate of drug-likeness (QED) is 0.707. The fourth-order valence-electron chi connectivity index (χ4n) is 1.92. The third-order valence-corrected chi connectivity index (χ3v) is 3.02. The van der Waals surface area contributed by atoms with E-state index in [-0.39, 0.29) is 11.7 Å². The molecule has 0 bridgehead atoms. The molecule has 1 aromatic rings. The summed E-state index contributed by atoms with van der Waals surface area (Å²) in [6, 6.07) is 8.32. The number of allylic oxidation sites excluding steroid dienone is 2. The Hall–Kier alpha value is -1.08. The first-order valence-corrected chi connectivity index (χ1v) is 5.48. The molecule has 0 spiro atoms. The van der Waals surface area contributed by atoms with Gasteiger partial charge >= 0.3 is 0 Å². The lowest BCUT2D eigenvalue weighted by atomic mass is 9.87. The summed E-state index contributed by atoms with van der Waals surface area (Å²) in [6.45, 7) is 2.06. The molecule has 0 unspecified atom stereocenters. The number of hydrogen-bond acceptors (Lipinski definition) is 1. The Morgan fingerprint density at radius 3 is 2.47 bits per heavy atom. The molecule has 0 saturated carbocycles. The molecule has 0 aliphatic heterocycles. The third-order valence-electron chi connectivity index (χ3n) is 2.76. The topological polar surface area (TPSA) is 17.1 Å². The minimum atomic E-state index is 0.136. The van der Waals surface area contributed by atoms with Crippen LogP contribution in [-0.4, -0.2) is 5.78 Å². The number of rotatable bonds is 1. The highest BCUT2D eigenvalue weighted by Crippen LogP contribution is 2.32. The number of benzene rings is 1. The van der Waals surface area contributed by atoms with E-state index in [0.29, 0.717) is 11.5 Å². The van der Waals surface area contributed by atoms with E-state index in [0.717, 1.165) is 6.42 Å². The van der Waals surface area contributed by atoms with Crippen LogP contribution < -0.4 is 0 Å². The second-order valence-electron chi connectivity index (χ2n) is 4.07. The van der Waals surface area contributed by atoms with Crippen LogP contribution in [0.2, 0.25) is 0 Å². The van der Waals surface area contributed by atoms with Gasteiger partial charge in [0.1, 0.15) is 0 Å². The van der Waals surface area contributed by atoms with Gasteiger partial charge in [-0.25, -0.2) is 0 Å². The van der Waals surface area contributed by atoms with Gasteiger partial charge in [0.15, 0.2) is 5.78 Å². The van der Waals surface area contributed by atoms with E-state index in [2.05, 4.69) is 31.2 Å². The average molecular weight is 221 g/mol. The summed E-state index contributed by atoms with van der Waals surface area (Å²) in [5.74, 6) is 0.396. The Balaban J connectivity index is 2.22. The summed E-state index contributed by atoms with van der Waals surface area (Å²) in [4.78, 5) is 11.4. The van der Waals surface area contributed by atoms with Crippen molar-refractivity contribution in [3.8, 4) is 0 Å². The summed E-state index contributed by atoms with van der Waals surface area (Å²) in [5, 5.41) is 0.678. The van der Waals surface area contributed by atoms with Crippen molar-refractivity contribution < 1.29 is 4.79 Å². The lowest BCUT2D eigenvalue weighted by Gasteiger charge is -2.19. The molecule has 0 aromatic heterocycles. The molecule has 1 aliphatic carbocycles. The molecule has 1 aromatic carbocycles. The lowest BCUT2D eigenvalue weighted by molar-refractivity contribution is -0.115. The number of ketones is 1. The standard InChI is InChI=1S/C13H13ClO/c1-9-2-4-10(5-3-9)11-6-12(14)8-13(15)7-11/h2-5,8,11H,6-7H2,1H3/t11-/m1/s1. The predicted octanol–water partition coefficient (Wildman–Crippen LogP) is 3.56. The number of halogens is 1. The summed E-state index contributed by atoms with van der Waals surface area (Å²) < 4.78 is 0. The highest BCUT2D eigenvalue weighted by atomic mass is 35.5. The summed E-state index contributed by atoms with van der Waals surface area (Å²) in [5.41, 5.74) is 2.45. The van der Waals surface area contributed by atoms with Crippen LogP contribution in [0.1, 0.15) is 29.9 Å². The first kappa shape index (κ1) is 10.4. The summed E-state index contributed by atoms with van der Waals surface area (Å²) >= 11 is 5.93. The van der Waals surface area contributed by atoms with Gasteiger partial charge in [-0.2, -0.15) is 0 Å². The van der Waals surface area contributed by atoms with E-state index in [9.17, 15) is 4.79 Å². The van der Waals surface area contributed by atoms with Crippen LogP contribution in [0.4, 0.5) is 0 Å². The van der Waals surface area contributed by atoms with Crippen LogP contribution in [0.5, 0.6) is 0 Å².